The fraction of sp³-hybridized carbons (Fsp3) is 0.435. The van der Waals surface area contributed by atoms with Gasteiger partial charge in [-0.25, -0.2) is 0 Å². The number of hydrogen-bond donors (Lipinski definition) is 2. The van der Waals surface area contributed by atoms with Crippen LogP contribution in [0.5, 0.6) is 5.75 Å². The monoisotopic (exact) mass is 480 g/mol. The average molecular weight is 481 g/mol. The topological polar surface area (TPSA) is 95.9 Å². The Labute approximate surface area is 195 Å². The minimum atomic E-state index is -3.59. The van der Waals surface area contributed by atoms with Crippen LogP contribution in [0, 0.1) is 0 Å². The molecule has 174 valence electrons. The van der Waals surface area contributed by atoms with Gasteiger partial charge in [-0.15, -0.1) is 12.4 Å². The van der Waals surface area contributed by atoms with Crippen LogP contribution in [0.3, 0.4) is 0 Å². The molecule has 1 amide bonds. The van der Waals surface area contributed by atoms with E-state index in [-0.39, 0.29) is 36.2 Å². The first-order valence-electron chi connectivity index (χ1n) is 10.5. The number of aliphatic hydroxyl groups is 1. The van der Waals surface area contributed by atoms with Crippen molar-refractivity contribution in [1.29, 1.82) is 0 Å². The summed E-state index contributed by atoms with van der Waals surface area (Å²) in [5.41, 5.74) is 1.29. The molecular weight excluding hydrogens is 452 g/mol. The Balaban J connectivity index is 0.00000289. The molecule has 2 fully saturated rings. The molecule has 2 aromatic carbocycles. The van der Waals surface area contributed by atoms with Gasteiger partial charge in [0.15, 0.2) is 0 Å². The van der Waals surface area contributed by atoms with E-state index in [1.54, 1.807) is 24.3 Å². The van der Waals surface area contributed by atoms with E-state index in [9.17, 15) is 18.3 Å². The highest BCUT2D eigenvalue weighted by molar-refractivity contribution is 7.86. The van der Waals surface area contributed by atoms with Gasteiger partial charge >= 0.3 is 10.1 Å². The second-order valence-corrected chi connectivity index (χ2v) is 10.1. The molecule has 7 nitrogen and oxygen atoms in total. The number of halogens is 1. The summed E-state index contributed by atoms with van der Waals surface area (Å²) in [6.07, 6.45) is 2.93. The standard InChI is InChI=1S/C23H28N2O5S.ClH/c1-31(28,29)30-20-9-7-18(8-10-20)23(12-13-23)22(27)24-21(17-5-3-2-4-6-17)16-25-14-11-19(26)15-25;/h2-10,19,21,26H,11-16H2,1H3,(H,24,27);1H/t19-,21+;/m0./s1. The van der Waals surface area contributed by atoms with E-state index in [0.717, 1.165) is 43.2 Å². The Kier molecular flexibility index (Phi) is 7.50. The second kappa shape index (κ2) is 9.79. The van der Waals surface area contributed by atoms with Gasteiger partial charge in [0.2, 0.25) is 5.91 Å². The summed E-state index contributed by atoms with van der Waals surface area (Å²) in [6, 6.07) is 16.4. The highest BCUT2D eigenvalue weighted by atomic mass is 35.5. The highest BCUT2D eigenvalue weighted by Gasteiger charge is 2.51. The van der Waals surface area contributed by atoms with Gasteiger partial charge in [-0.2, -0.15) is 8.42 Å². The van der Waals surface area contributed by atoms with E-state index in [1.165, 1.54) is 0 Å². The van der Waals surface area contributed by atoms with Crippen molar-refractivity contribution in [2.75, 3.05) is 25.9 Å². The smallest absolute Gasteiger partial charge is 0.306 e. The summed E-state index contributed by atoms with van der Waals surface area (Å²) < 4.78 is 27.5. The third-order valence-electron chi connectivity index (χ3n) is 6.03. The zero-order valence-electron chi connectivity index (χ0n) is 17.9. The van der Waals surface area contributed by atoms with E-state index in [2.05, 4.69) is 10.2 Å². The Morgan fingerprint density at radius 1 is 1.19 bits per heavy atom. The predicted octanol–water partition coefficient (Wildman–Crippen LogP) is 2.40. The van der Waals surface area contributed by atoms with Gasteiger partial charge in [0, 0.05) is 19.6 Å². The van der Waals surface area contributed by atoms with Crippen molar-refractivity contribution in [2.45, 2.75) is 36.8 Å². The molecule has 32 heavy (non-hydrogen) atoms. The molecule has 1 saturated heterocycles. The van der Waals surface area contributed by atoms with E-state index in [1.807, 2.05) is 30.3 Å². The Morgan fingerprint density at radius 3 is 2.38 bits per heavy atom. The van der Waals surface area contributed by atoms with Crippen LogP contribution in [0.4, 0.5) is 0 Å². The highest BCUT2D eigenvalue weighted by Crippen LogP contribution is 2.49. The fourth-order valence-electron chi connectivity index (χ4n) is 4.23. The Bertz CT molecular complexity index is 1030. The Hall–Kier alpha value is -2.13. The van der Waals surface area contributed by atoms with Crippen molar-refractivity contribution in [3.05, 3.63) is 65.7 Å². The lowest BCUT2D eigenvalue weighted by Gasteiger charge is -2.27. The SMILES string of the molecule is CS(=O)(=O)Oc1ccc(C2(C(=O)N[C@H](CN3CC[C@H](O)C3)c3ccccc3)CC2)cc1.Cl. The van der Waals surface area contributed by atoms with E-state index in [0.29, 0.717) is 13.1 Å². The largest absolute Gasteiger partial charge is 0.392 e. The summed E-state index contributed by atoms with van der Waals surface area (Å²) in [5.74, 6) is 0.204. The van der Waals surface area contributed by atoms with Crippen molar-refractivity contribution in [3.63, 3.8) is 0 Å². The second-order valence-electron chi connectivity index (χ2n) is 8.53. The maximum absolute atomic E-state index is 13.4. The van der Waals surface area contributed by atoms with Gasteiger partial charge in [-0.05, 0) is 42.5 Å². The molecule has 9 heteroatoms. The predicted molar refractivity (Wildman–Crippen MR) is 124 cm³/mol. The van der Waals surface area contributed by atoms with Crippen LogP contribution in [-0.2, 0) is 20.3 Å². The molecule has 0 unspecified atom stereocenters. The molecular formula is C23H29ClN2O5S. The number of nitrogens with one attached hydrogen (secondary N) is 1. The number of carbonyl (C=O) groups excluding carboxylic acids is 1. The zero-order valence-corrected chi connectivity index (χ0v) is 19.6. The van der Waals surface area contributed by atoms with Gasteiger partial charge in [-0.3, -0.25) is 9.69 Å². The first kappa shape index (κ1) is 24.5. The lowest BCUT2D eigenvalue weighted by Crippen LogP contribution is -2.42. The number of β-amino-alcohol motifs (C(OH)–C–C–N with tert-alkyl or cyclic N) is 1. The van der Waals surface area contributed by atoms with E-state index in [4.69, 9.17) is 4.18 Å². The van der Waals surface area contributed by atoms with Crippen molar-refractivity contribution < 1.29 is 22.5 Å². The Morgan fingerprint density at radius 2 is 1.84 bits per heavy atom. The van der Waals surface area contributed by atoms with Crippen LogP contribution >= 0.6 is 12.4 Å². The van der Waals surface area contributed by atoms with Gasteiger partial charge in [0.1, 0.15) is 5.75 Å². The number of nitrogens with zero attached hydrogens (tertiary/aromatic N) is 1. The third kappa shape index (κ3) is 5.81. The molecule has 1 aliphatic heterocycles. The molecule has 1 saturated carbocycles. The normalized spacial score (nSPS) is 20.8. The first-order valence-corrected chi connectivity index (χ1v) is 12.3. The number of likely N-dealkylation sites (tertiary alicyclic amines) is 1. The van der Waals surface area contributed by atoms with Crippen LogP contribution in [0.2, 0.25) is 0 Å². The maximum Gasteiger partial charge on any atom is 0.306 e. The number of aliphatic hydroxyl groups excluding tert-OH is 1. The summed E-state index contributed by atoms with van der Waals surface area (Å²) in [6.45, 7) is 2.07. The van der Waals surface area contributed by atoms with E-state index >= 15 is 0 Å². The van der Waals surface area contributed by atoms with Gasteiger partial charge in [0.25, 0.3) is 0 Å². The number of benzene rings is 2. The maximum atomic E-state index is 13.4. The first-order chi connectivity index (χ1) is 14.7. The molecule has 2 aliphatic rings. The van der Waals surface area contributed by atoms with Crippen LogP contribution in [0.25, 0.3) is 0 Å². The third-order valence-corrected chi connectivity index (χ3v) is 6.53. The summed E-state index contributed by atoms with van der Waals surface area (Å²) in [7, 11) is -3.59. The molecule has 2 aromatic rings. The van der Waals surface area contributed by atoms with Crippen molar-refractivity contribution in [2.24, 2.45) is 0 Å². The van der Waals surface area contributed by atoms with Crippen molar-refractivity contribution in [1.82, 2.24) is 10.2 Å². The van der Waals surface area contributed by atoms with Crippen LogP contribution in [0.15, 0.2) is 54.6 Å². The lowest BCUT2D eigenvalue weighted by atomic mass is 9.94. The molecule has 0 bridgehead atoms. The molecule has 2 atom stereocenters. The van der Waals surface area contributed by atoms with Crippen molar-refractivity contribution >= 4 is 28.4 Å². The summed E-state index contributed by atoms with van der Waals surface area (Å²) >= 11 is 0. The minimum Gasteiger partial charge on any atom is -0.392 e. The molecule has 0 aromatic heterocycles. The quantitative estimate of drug-likeness (QED) is 0.563. The molecule has 0 spiro atoms. The van der Waals surface area contributed by atoms with Crippen LogP contribution in [-0.4, -0.2) is 56.3 Å². The van der Waals surface area contributed by atoms with Crippen LogP contribution < -0.4 is 9.50 Å². The number of hydrogen-bond acceptors (Lipinski definition) is 6. The number of carbonyl (C=O) groups is 1. The zero-order chi connectivity index (χ0) is 22.1. The van der Waals surface area contributed by atoms with Crippen LogP contribution in [0.1, 0.15) is 36.4 Å². The fourth-order valence-corrected chi connectivity index (χ4v) is 4.69. The van der Waals surface area contributed by atoms with Gasteiger partial charge in [0.05, 0.1) is 23.8 Å². The number of amides is 1. The minimum absolute atomic E-state index is 0. The molecule has 0 radical (unpaired) electrons. The summed E-state index contributed by atoms with van der Waals surface area (Å²) in [4.78, 5) is 15.5. The van der Waals surface area contributed by atoms with E-state index < -0.39 is 15.5 Å². The molecule has 2 N–H and O–H groups in total. The molecule has 1 heterocycles. The van der Waals surface area contributed by atoms with Gasteiger partial charge < -0.3 is 14.6 Å². The molecule has 4 rings (SSSR count). The lowest BCUT2D eigenvalue weighted by molar-refractivity contribution is -0.124. The molecule has 1 aliphatic carbocycles. The van der Waals surface area contributed by atoms with Gasteiger partial charge in [-0.1, -0.05) is 42.5 Å². The average Bonchev–Trinajstić information content (AvgIpc) is 3.44. The summed E-state index contributed by atoms with van der Waals surface area (Å²) in [5, 5.41) is 13.1. The van der Waals surface area contributed by atoms with Crippen molar-refractivity contribution in [3.8, 4) is 5.75 Å². The number of rotatable bonds is 8.